The molecule has 2 aromatic rings. The Bertz CT molecular complexity index is 757. The first kappa shape index (κ1) is 22.8. The number of hydrogen-bond donors (Lipinski definition) is 2. The summed E-state index contributed by atoms with van der Waals surface area (Å²) in [6.45, 7) is 6.45. The molecule has 0 aliphatic carbocycles. The van der Waals surface area contributed by atoms with E-state index in [9.17, 15) is 10.2 Å². The van der Waals surface area contributed by atoms with Gasteiger partial charge >= 0.3 is 0 Å². The first-order valence-electron chi connectivity index (χ1n) is 11.1. The third kappa shape index (κ3) is 7.40. The molecule has 1 atom stereocenters. The van der Waals surface area contributed by atoms with Crippen LogP contribution in [0, 0.1) is 0 Å². The zero-order chi connectivity index (χ0) is 21.3. The highest BCUT2D eigenvalue weighted by Gasteiger charge is 2.19. The van der Waals surface area contributed by atoms with E-state index in [2.05, 4.69) is 60.2 Å². The topological polar surface area (TPSA) is 56.2 Å². The van der Waals surface area contributed by atoms with Crippen LogP contribution in [0.5, 0.6) is 5.75 Å². The number of nitrogens with zero attached hydrogens (tertiary/aromatic N) is 2. The first-order valence-corrected chi connectivity index (χ1v) is 11.1. The van der Waals surface area contributed by atoms with Crippen molar-refractivity contribution in [2.24, 2.45) is 0 Å². The van der Waals surface area contributed by atoms with Crippen LogP contribution in [0.4, 0.5) is 0 Å². The maximum Gasteiger partial charge on any atom is 0.119 e. The van der Waals surface area contributed by atoms with E-state index in [0.29, 0.717) is 6.54 Å². The molecule has 1 fully saturated rings. The molecule has 30 heavy (non-hydrogen) atoms. The Morgan fingerprint density at radius 1 is 1.03 bits per heavy atom. The van der Waals surface area contributed by atoms with Crippen LogP contribution in [0.1, 0.15) is 36.5 Å². The maximum atomic E-state index is 10.3. The Hall–Kier alpha value is -1.92. The molecular formula is C25H36N2O3. The van der Waals surface area contributed by atoms with Gasteiger partial charge in [0.15, 0.2) is 0 Å². The number of aliphatic hydroxyl groups is 2. The minimum atomic E-state index is -0.530. The fraction of sp³-hybridized carbons (Fsp3) is 0.520. The number of rotatable bonds is 10. The van der Waals surface area contributed by atoms with Gasteiger partial charge < -0.3 is 19.8 Å². The van der Waals surface area contributed by atoms with E-state index in [1.165, 1.54) is 16.7 Å². The highest BCUT2D eigenvalue weighted by molar-refractivity contribution is 5.29. The lowest BCUT2D eigenvalue weighted by atomic mass is 10.1. The second-order valence-corrected chi connectivity index (χ2v) is 8.49. The minimum absolute atomic E-state index is 0.189. The Labute approximate surface area is 180 Å². The van der Waals surface area contributed by atoms with Gasteiger partial charge in [-0.1, -0.05) is 43.3 Å². The number of aryl methyl sites for hydroxylation is 1. The highest BCUT2D eigenvalue weighted by atomic mass is 16.5. The van der Waals surface area contributed by atoms with Crippen LogP contribution in [0.2, 0.25) is 0 Å². The number of aliphatic hydroxyl groups excluding tert-OH is 2. The zero-order valence-electron chi connectivity index (χ0n) is 18.3. The molecule has 0 amide bonds. The minimum Gasteiger partial charge on any atom is -0.491 e. The Morgan fingerprint density at radius 3 is 2.40 bits per heavy atom. The molecule has 0 aromatic heterocycles. The standard InChI is InChI=1S/C25H36N2O3/c1-3-20-7-9-21(10-8-20)16-26(2)17-22-5-4-6-25(15-22)30-19-24(29)18-27-13-11-23(28)12-14-27/h4-10,15,23-24,28-29H,3,11-14,16-19H2,1-2H3/t24-/m1/s1. The second kappa shape index (κ2) is 11.5. The largest absolute Gasteiger partial charge is 0.491 e. The molecule has 1 saturated heterocycles. The van der Waals surface area contributed by atoms with Gasteiger partial charge in [0.25, 0.3) is 0 Å². The summed E-state index contributed by atoms with van der Waals surface area (Å²) in [6.07, 6.45) is 1.92. The van der Waals surface area contributed by atoms with E-state index in [4.69, 9.17) is 4.74 Å². The summed E-state index contributed by atoms with van der Waals surface area (Å²) in [5, 5.41) is 19.9. The second-order valence-electron chi connectivity index (χ2n) is 8.49. The summed E-state index contributed by atoms with van der Waals surface area (Å²) in [6, 6.07) is 16.9. The molecule has 5 nitrogen and oxygen atoms in total. The van der Waals surface area contributed by atoms with E-state index in [1.807, 2.05) is 12.1 Å². The molecule has 3 rings (SSSR count). The van der Waals surface area contributed by atoms with Crippen LogP contribution in [-0.4, -0.2) is 65.5 Å². The highest BCUT2D eigenvalue weighted by Crippen LogP contribution is 2.17. The predicted octanol–water partition coefficient (Wildman–Crippen LogP) is 3.08. The van der Waals surface area contributed by atoms with Gasteiger partial charge in [-0.15, -0.1) is 0 Å². The summed E-state index contributed by atoms with van der Waals surface area (Å²) >= 11 is 0. The molecule has 2 aromatic carbocycles. The molecule has 1 aliphatic heterocycles. The van der Waals surface area contributed by atoms with Crippen molar-refractivity contribution >= 4 is 0 Å². The summed E-state index contributed by atoms with van der Waals surface area (Å²) in [7, 11) is 2.13. The smallest absolute Gasteiger partial charge is 0.119 e. The number of likely N-dealkylation sites (tertiary alicyclic amines) is 1. The van der Waals surface area contributed by atoms with Crippen molar-refractivity contribution in [1.29, 1.82) is 0 Å². The molecule has 1 aliphatic rings. The van der Waals surface area contributed by atoms with Crippen LogP contribution >= 0.6 is 0 Å². The van der Waals surface area contributed by atoms with Gasteiger partial charge in [0.2, 0.25) is 0 Å². The lowest BCUT2D eigenvalue weighted by molar-refractivity contribution is 0.0337. The van der Waals surface area contributed by atoms with Crippen molar-refractivity contribution in [3.63, 3.8) is 0 Å². The number of ether oxygens (including phenoxy) is 1. The SMILES string of the molecule is CCc1ccc(CN(C)Cc2cccc(OC[C@H](O)CN3CCC(O)CC3)c2)cc1. The fourth-order valence-corrected chi connectivity index (χ4v) is 3.94. The summed E-state index contributed by atoms with van der Waals surface area (Å²) in [5.74, 6) is 0.793. The van der Waals surface area contributed by atoms with Crippen molar-refractivity contribution in [2.45, 2.75) is 51.5 Å². The molecule has 0 bridgehead atoms. The molecular weight excluding hydrogens is 376 g/mol. The van der Waals surface area contributed by atoms with E-state index < -0.39 is 6.10 Å². The number of piperidine rings is 1. The van der Waals surface area contributed by atoms with E-state index >= 15 is 0 Å². The molecule has 2 N–H and O–H groups in total. The monoisotopic (exact) mass is 412 g/mol. The van der Waals surface area contributed by atoms with Crippen molar-refractivity contribution in [2.75, 3.05) is 33.3 Å². The summed E-state index contributed by atoms with van der Waals surface area (Å²) in [4.78, 5) is 4.48. The molecule has 0 radical (unpaired) electrons. The van der Waals surface area contributed by atoms with Crippen LogP contribution in [0.15, 0.2) is 48.5 Å². The normalized spacial score (nSPS) is 16.7. The van der Waals surface area contributed by atoms with E-state index in [0.717, 1.165) is 51.2 Å². The molecule has 0 saturated carbocycles. The van der Waals surface area contributed by atoms with Gasteiger partial charge in [-0.3, -0.25) is 4.90 Å². The number of benzene rings is 2. The van der Waals surface area contributed by atoms with Gasteiger partial charge in [-0.25, -0.2) is 0 Å². The number of β-amino-alcohol motifs (C(OH)–C–C–N with tert-alkyl or cyclic N) is 1. The van der Waals surface area contributed by atoms with Gasteiger partial charge in [0.05, 0.1) is 6.10 Å². The van der Waals surface area contributed by atoms with Crippen molar-refractivity contribution in [1.82, 2.24) is 9.80 Å². The zero-order valence-corrected chi connectivity index (χ0v) is 18.3. The third-order valence-corrected chi connectivity index (χ3v) is 5.70. The van der Waals surface area contributed by atoms with Crippen LogP contribution in [0.25, 0.3) is 0 Å². The van der Waals surface area contributed by atoms with Gasteiger partial charge in [-0.05, 0) is 55.1 Å². The van der Waals surface area contributed by atoms with Gasteiger partial charge in [0, 0.05) is 32.7 Å². The molecule has 5 heteroatoms. The average molecular weight is 413 g/mol. The third-order valence-electron chi connectivity index (χ3n) is 5.70. The van der Waals surface area contributed by atoms with Crippen LogP contribution in [-0.2, 0) is 19.5 Å². The fourth-order valence-electron chi connectivity index (χ4n) is 3.94. The quantitative estimate of drug-likeness (QED) is 0.628. The molecule has 0 spiro atoms. The maximum absolute atomic E-state index is 10.3. The Balaban J connectivity index is 1.44. The van der Waals surface area contributed by atoms with Gasteiger partial charge in [-0.2, -0.15) is 0 Å². The molecule has 164 valence electrons. The van der Waals surface area contributed by atoms with E-state index in [-0.39, 0.29) is 12.7 Å². The molecule has 0 unspecified atom stereocenters. The van der Waals surface area contributed by atoms with Crippen molar-refractivity contribution in [3.8, 4) is 5.75 Å². The number of hydrogen-bond acceptors (Lipinski definition) is 5. The van der Waals surface area contributed by atoms with Gasteiger partial charge in [0.1, 0.15) is 18.5 Å². The van der Waals surface area contributed by atoms with Crippen molar-refractivity contribution < 1.29 is 14.9 Å². The Morgan fingerprint density at radius 2 is 1.70 bits per heavy atom. The Kier molecular flexibility index (Phi) is 8.70. The summed E-state index contributed by atoms with van der Waals surface area (Å²) in [5.41, 5.74) is 3.88. The lowest BCUT2D eigenvalue weighted by Gasteiger charge is -2.30. The van der Waals surface area contributed by atoms with Crippen molar-refractivity contribution in [3.05, 3.63) is 65.2 Å². The predicted molar refractivity (Wildman–Crippen MR) is 121 cm³/mol. The summed E-state index contributed by atoms with van der Waals surface area (Å²) < 4.78 is 5.85. The van der Waals surface area contributed by atoms with E-state index in [1.54, 1.807) is 0 Å². The first-order chi connectivity index (χ1) is 14.5. The van der Waals surface area contributed by atoms with Crippen LogP contribution in [0.3, 0.4) is 0 Å². The average Bonchev–Trinajstić information content (AvgIpc) is 2.75. The molecule has 1 heterocycles. The lowest BCUT2D eigenvalue weighted by Crippen LogP contribution is -2.41. The van der Waals surface area contributed by atoms with Crippen LogP contribution < -0.4 is 4.74 Å².